The fourth-order valence-corrected chi connectivity index (χ4v) is 2.13. The minimum Gasteiger partial charge on any atom is -0.468 e. The van der Waals surface area contributed by atoms with Gasteiger partial charge in [0.25, 0.3) is 0 Å². The van der Waals surface area contributed by atoms with Crippen LogP contribution in [0, 0.1) is 0 Å². The molecule has 0 radical (unpaired) electrons. The molecule has 0 bridgehead atoms. The van der Waals surface area contributed by atoms with Crippen LogP contribution in [0.3, 0.4) is 0 Å². The summed E-state index contributed by atoms with van der Waals surface area (Å²) >= 11 is 0. The van der Waals surface area contributed by atoms with E-state index in [9.17, 15) is 5.11 Å². The van der Waals surface area contributed by atoms with Crippen molar-refractivity contribution in [3.05, 3.63) is 24.2 Å². The second-order valence-electron chi connectivity index (χ2n) is 5.19. The Hall–Kier alpha value is -0.840. The minimum atomic E-state index is -0.740. The van der Waals surface area contributed by atoms with Crippen molar-refractivity contribution in [2.24, 2.45) is 5.73 Å². The van der Waals surface area contributed by atoms with Gasteiger partial charge in [-0.05, 0) is 39.4 Å². The van der Waals surface area contributed by atoms with Crippen molar-refractivity contribution in [1.29, 1.82) is 0 Å². The zero-order valence-electron chi connectivity index (χ0n) is 11.2. The third kappa shape index (κ3) is 4.15. The van der Waals surface area contributed by atoms with E-state index in [1.54, 1.807) is 20.1 Å². The predicted octanol–water partition coefficient (Wildman–Crippen LogP) is 1.76. The molecule has 0 aliphatic heterocycles. The smallest absolute Gasteiger partial charge is 0.122 e. The van der Waals surface area contributed by atoms with Gasteiger partial charge in [0.1, 0.15) is 5.76 Å². The summed E-state index contributed by atoms with van der Waals surface area (Å²) in [6.45, 7) is 9.00. The first kappa shape index (κ1) is 14.2. The minimum absolute atomic E-state index is 0.00132. The molecule has 1 aromatic heterocycles. The van der Waals surface area contributed by atoms with Gasteiger partial charge >= 0.3 is 0 Å². The van der Waals surface area contributed by atoms with Gasteiger partial charge in [-0.3, -0.25) is 4.90 Å². The van der Waals surface area contributed by atoms with E-state index in [0.29, 0.717) is 6.54 Å². The quantitative estimate of drug-likeness (QED) is 0.795. The van der Waals surface area contributed by atoms with Crippen LogP contribution in [-0.2, 0) is 0 Å². The van der Waals surface area contributed by atoms with Gasteiger partial charge in [-0.25, -0.2) is 0 Å². The molecule has 98 valence electrons. The van der Waals surface area contributed by atoms with E-state index in [-0.39, 0.29) is 12.1 Å². The van der Waals surface area contributed by atoms with Gasteiger partial charge in [0.15, 0.2) is 0 Å². The first-order valence-corrected chi connectivity index (χ1v) is 6.10. The SMILES string of the molecule is CCN(CC(C)(C)O)C(c1ccco1)C(C)N. The molecule has 3 N–H and O–H groups in total. The van der Waals surface area contributed by atoms with E-state index in [1.165, 1.54) is 0 Å². The molecule has 0 amide bonds. The number of aliphatic hydroxyl groups is 1. The number of hydrogen-bond donors (Lipinski definition) is 2. The Kier molecular flexibility index (Phi) is 4.74. The van der Waals surface area contributed by atoms with Crippen LogP contribution in [-0.4, -0.2) is 34.7 Å². The number of nitrogens with zero attached hydrogens (tertiary/aromatic N) is 1. The lowest BCUT2D eigenvalue weighted by atomic mass is 10.0. The Morgan fingerprint density at radius 2 is 2.18 bits per heavy atom. The fraction of sp³-hybridized carbons (Fsp3) is 0.692. The molecule has 2 unspecified atom stereocenters. The third-order valence-electron chi connectivity index (χ3n) is 2.72. The molecule has 0 saturated heterocycles. The largest absolute Gasteiger partial charge is 0.468 e. The molecule has 17 heavy (non-hydrogen) atoms. The molecule has 0 saturated carbocycles. The summed E-state index contributed by atoms with van der Waals surface area (Å²) in [7, 11) is 0. The Bertz CT molecular complexity index is 315. The lowest BCUT2D eigenvalue weighted by Crippen LogP contribution is -2.45. The highest BCUT2D eigenvalue weighted by Gasteiger charge is 2.29. The second kappa shape index (κ2) is 5.67. The Balaban J connectivity index is 2.88. The van der Waals surface area contributed by atoms with Gasteiger partial charge in [0.2, 0.25) is 0 Å². The van der Waals surface area contributed by atoms with Crippen molar-refractivity contribution in [2.75, 3.05) is 13.1 Å². The van der Waals surface area contributed by atoms with Gasteiger partial charge in [0.05, 0.1) is 17.9 Å². The van der Waals surface area contributed by atoms with E-state index in [1.807, 2.05) is 19.1 Å². The Morgan fingerprint density at radius 1 is 1.53 bits per heavy atom. The van der Waals surface area contributed by atoms with E-state index in [0.717, 1.165) is 12.3 Å². The Labute approximate surface area is 103 Å². The van der Waals surface area contributed by atoms with Crippen LogP contribution < -0.4 is 5.73 Å². The highest BCUT2D eigenvalue weighted by atomic mass is 16.3. The van der Waals surface area contributed by atoms with E-state index >= 15 is 0 Å². The lowest BCUT2D eigenvalue weighted by molar-refractivity contribution is 0.0148. The second-order valence-corrected chi connectivity index (χ2v) is 5.19. The number of rotatable bonds is 6. The zero-order chi connectivity index (χ0) is 13.1. The average molecular weight is 240 g/mol. The van der Waals surface area contributed by atoms with Gasteiger partial charge in [0, 0.05) is 12.6 Å². The van der Waals surface area contributed by atoms with E-state index in [2.05, 4.69) is 11.8 Å². The van der Waals surface area contributed by atoms with Crippen molar-refractivity contribution in [1.82, 2.24) is 4.90 Å². The van der Waals surface area contributed by atoms with Crippen LogP contribution in [0.25, 0.3) is 0 Å². The normalized spacial score (nSPS) is 16.2. The maximum absolute atomic E-state index is 9.93. The van der Waals surface area contributed by atoms with Gasteiger partial charge in [-0.1, -0.05) is 6.92 Å². The third-order valence-corrected chi connectivity index (χ3v) is 2.72. The van der Waals surface area contributed by atoms with Gasteiger partial charge < -0.3 is 15.3 Å². The molecule has 0 aliphatic carbocycles. The molecule has 1 heterocycles. The molecule has 4 heteroatoms. The number of furan rings is 1. The summed E-state index contributed by atoms with van der Waals surface area (Å²) in [5.74, 6) is 0.853. The van der Waals surface area contributed by atoms with Crippen LogP contribution in [0.1, 0.15) is 39.5 Å². The van der Waals surface area contributed by atoms with Crippen LogP contribution >= 0.6 is 0 Å². The van der Waals surface area contributed by atoms with Crippen LogP contribution in [0.5, 0.6) is 0 Å². The first-order valence-electron chi connectivity index (χ1n) is 6.10. The number of hydrogen-bond acceptors (Lipinski definition) is 4. The van der Waals surface area contributed by atoms with Gasteiger partial charge in [-0.15, -0.1) is 0 Å². The summed E-state index contributed by atoms with van der Waals surface area (Å²) in [6, 6.07) is 3.74. The zero-order valence-corrected chi connectivity index (χ0v) is 11.2. The fourth-order valence-electron chi connectivity index (χ4n) is 2.13. The molecule has 0 fully saturated rings. The van der Waals surface area contributed by atoms with Gasteiger partial charge in [-0.2, -0.15) is 0 Å². The molecule has 0 spiro atoms. The van der Waals surface area contributed by atoms with E-state index in [4.69, 9.17) is 10.2 Å². The molecule has 4 nitrogen and oxygen atoms in total. The molecular weight excluding hydrogens is 216 g/mol. The lowest BCUT2D eigenvalue weighted by Gasteiger charge is -2.35. The molecule has 0 aliphatic rings. The Morgan fingerprint density at radius 3 is 2.53 bits per heavy atom. The van der Waals surface area contributed by atoms with Crippen molar-refractivity contribution < 1.29 is 9.52 Å². The maximum Gasteiger partial charge on any atom is 0.122 e. The summed E-state index contributed by atoms with van der Waals surface area (Å²) in [5.41, 5.74) is 5.30. The summed E-state index contributed by atoms with van der Waals surface area (Å²) in [5, 5.41) is 9.93. The number of nitrogens with two attached hydrogens (primary N) is 1. The predicted molar refractivity (Wildman–Crippen MR) is 68.6 cm³/mol. The first-order chi connectivity index (χ1) is 7.85. The van der Waals surface area contributed by atoms with Crippen molar-refractivity contribution >= 4 is 0 Å². The molecule has 1 aromatic rings. The number of likely N-dealkylation sites (N-methyl/N-ethyl adjacent to an activating group) is 1. The monoisotopic (exact) mass is 240 g/mol. The van der Waals surface area contributed by atoms with Crippen LogP contribution in [0.15, 0.2) is 22.8 Å². The molecular formula is C13H24N2O2. The van der Waals surface area contributed by atoms with Crippen molar-refractivity contribution in [2.45, 2.75) is 45.4 Å². The summed E-state index contributed by atoms with van der Waals surface area (Å²) in [6.07, 6.45) is 1.66. The molecule has 2 atom stereocenters. The van der Waals surface area contributed by atoms with Crippen molar-refractivity contribution in [3.63, 3.8) is 0 Å². The standard InChI is InChI=1S/C13H24N2O2/c1-5-15(9-13(3,4)16)12(10(2)14)11-7-6-8-17-11/h6-8,10,12,16H,5,9,14H2,1-4H3. The van der Waals surface area contributed by atoms with E-state index < -0.39 is 5.60 Å². The molecule has 1 rings (SSSR count). The molecule has 0 aromatic carbocycles. The highest BCUT2D eigenvalue weighted by Crippen LogP contribution is 2.25. The highest BCUT2D eigenvalue weighted by molar-refractivity contribution is 5.07. The van der Waals surface area contributed by atoms with Crippen molar-refractivity contribution in [3.8, 4) is 0 Å². The summed E-state index contributed by atoms with van der Waals surface area (Å²) < 4.78 is 5.45. The topological polar surface area (TPSA) is 62.6 Å². The summed E-state index contributed by atoms with van der Waals surface area (Å²) in [4.78, 5) is 2.14. The van der Waals surface area contributed by atoms with Crippen LogP contribution in [0.4, 0.5) is 0 Å². The van der Waals surface area contributed by atoms with Crippen LogP contribution in [0.2, 0.25) is 0 Å². The average Bonchev–Trinajstić information content (AvgIpc) is 2.67. The maximum atomic E-state index is 9.93.